The number of hydrogen-bond donors (Lipinski definition) is 1. The van der Waals surface area contributed by atoms with Crippen LogP contribution in [0.5, 0.6) is 0 Å². The Hall–Kier alpha value is -0.910. The second-order valence-electron chi connectivity index (χ2n) is 3.40. The van der Waals surface area contributed by atoms with Crippen molar-refractivity contribution >= 4 is 23.1 Å². The summed E-state index contributed by atoms with van der Waals surface area (Å²) in [6.45, 7) is 2.56. The number of rotatable bonds is 4. The molecule has 5 heteroatoms. The van der Waals surface area contributed by atoms with E-state index < -0.39 is 0 Å². The van der Waals surface area contributed by atoms with Gasteiger partial charge in [-0.05, 0) is 18.1 Å². The molecular weight excluding hydrogens is 238 g/mol. The Kier molecular flexibility index (Phi) is 3.93. The van der Waals surface area contributed by atoms with Crippen LogP contribution >= 0.6 is 23.1 Å². The molecule has 2 N–H and O–H groups in total. The van der Waals surface area contributed by atoms with Crippen molar-refractivity contribution in [2.75, 3.05) is 0 Å². The van der Waals surface area contributed by atoms with Gasteiger partial charge in [0.05, 0.1) is 0 Å². The minimum Gasteiger partial charge on any atom is -0.326 e. The molecule has 0 aliphatic heterocycles. The Bertz CT molecular complexity index is 468. The average molecular weight is 251 g/mol. The second kappa shape index (κ2) is 5.43. The lowest BCUT2D eigenvalue weighted by atomic mass is 10.1. The van der Waals surface area contributed by atoms with Gasteiger partial charge in [0.25, 0.3) is 0 Å². The number of benzene rings is 1. The van der Waals surface area contributed by atoms with E-state index in [4.69, 9.17) is 5.73 Å². The highest BCUT2D eigenvalue weighted by Crippen LogP contribution is 2.25. The SMILES string of the molecule is Cc1nnc(SCc2cccc(CN)c2)s1. The predicted molar refractivity (Wildman–Crippen MR) is 68.5 cm³/mol. The number of nitrogens with two attached hydrogens (primary N) is 1. The molecule has 0 atom stereocenters. The van der Waals surface area contributed by atoms with Crippen LogP contribution < -0.4 is 5.73 Å². The molecule has 16 heavy (non-hydrogen) atoms. The molecule has 0 bridgehead atoms. The van der Waals surface area contributed by atoms with Gasteiger partial charge in [-0.1, -0.05) is 47.4 Å². The molecule has 0 radical (unpaired) electrons. The lowest BCUT2D eigenvalue weighted by Crippen LogP contribution is -1.96. The van der Waals surface area contributed by atoms with Crippen molar-refractivity contribution < 1.29 is 0 Å². The van der Waals surface area contributed by atoms with Crippen LogP contribution in [-0.4, -0.2) is 10.2 Å². The second-order valence-corrected chi connectivity index (χ2v) is 5.80. The Labute approximate surface area is 103 Å². The Balaban J connectivity index is 1.99. The van der Waals surface area contributed by atoms with Crippen molar-refractivity contribution in [2.24, 2.45) is 5.73 Å². The largest absolute Gasteiger partial charge is 0.326 e. The zero-order valence-electron chi connectivity index (χ0n) is 9.01. The molecule has 1 aromatic carbocycles. The highest BCUT2D eigenvalue weighted by Gasteiger charge is 2.02. The van der Waals surface area contributed by atoms with Gasteiger partial charge in [-0.3, -0.25) is 0 Å². The first kappa shape index (κ1) is 11.6. The van der Waals surface area contributed by atoms with E-state index in [1.54, 1.807) is 23.1 Å². The van der Waals surface area contributed by atoms with E-state index in [-0.39, 0.29) is 0 Å². The molecule has 1 aromatic heterocycles. The van der Waals surface area contributed by atoms with E-state index in [0.29, 0.717) is 6.54 Å². The fourth-order valence-corrected chi connectivity index (χ4v) is 3.09. The normalized spacial score (nSPS) is 10.6. The predicted octanol–water partition coefficient (Wildman–Crippen LogP) is 2.60. The molecule has 1 heterocycles. The standard InChI is InChI=1S/C11H13N3S2/c1-8-13-14-11(16-8)15-7-10-4-2-3-9(5-10)6-12/h2-5H,6-7,12H2,1H3. The maximum absolute atomic E-state index is 5.60. The summed E-state index contributed by atoms with van der Waals surface area (Å²) < 4.78 is 1.02. The third-order valence-corrected chi connectivity index (χ3v) is 4.14. The molecule has 0 saturated carbocycles. The topological polar surface area (TPSA) is 51.8 Å². The molecular formula is C11H13N3S2. The van der Waals surface area contributed by atoms with E-state index in [1.165, 1.54) is 11.1 Å². The average Bonchev–Trinajstić information content (AvgIpc) is 2.73. The maximum atomic E-state index is 5.60. The molecule has 84 valence electrons. The van der Waals surface area contributed by atoms with Gasteiger partial charge in [0.2, 0.25) is 0 Å². The smallest absolute Gasteiger partial charge is 0.174 e. The maximum Gasteiger partial charge on any atom is 0.174 e. The van der Waals surface area contributed by atoms with Crippen molar-refractivity contribution in [3.63, 3.8) is 0 Å². The van der Waals surface area contributed by atoms with Gasteiger partial charge >= 0.3 is 0 Å². The number of nitrogens with zero attached hydrogens (tertiary/aromatic N) is 2. The highest BCUT2D eigenvalue weighted by atomic mass is 32.2. The van der Waals surface area contributed by atoms with Crippen molar-refractivity contribution in [1.82, 2.24) is 10.2 Å². The van der Waals surface area contributed by atoms with Crippen LogP contribution in [0.25, 0.3) is 0 Å². The van der Waals surface area contributed by atoms with Gasteiger partial charge in [0.1, 0.15) is 5.01 Å². The molecule has 2 aromatic rings. The summed E-state index contributed by atoms with van der Waals surface area (Å²) in [5.41, 5.74) is 8.05. The van der Waals surface area contributed by atoms with Crippen LogP contribution in [0.1, 0.15) is 16.1 Å². The van der Waals surface area contributed by atoms with E-state index in [2.05, 4.69) is 22.3 Å². The van der Waals surface area contributed by atoms with Crippen molar-refractivity contribution in [1.29, 1.82) is 0 Å². The van der Waals surface area contributed by atoms with E-state index in [1.807, 2.05) is 19.1 Å². The van der Waals surface area contributed by atoms with Gasteiger partial charge in [0, 0.05) is 12.3 Å². The first-order valence-electron chi connectivity index (χ1n) is 4.98. The zero-order chi connectivity index (χ0) is 11.4. The van der Waals surface area contributed by atoms with Crippen LogP contribution in [0.15, 0.2) is 28.6 Å². The van der Waals surface area contributed by atoms with Gasteiger partial charge in [-0.2, -0.15) is 0 Å². The van der Waals surface area contributed by atoms with Gasteiger partial charge in [-0.15, -0.1) is 10.2 Å². The molecule has 3 nitrogen and oxygen atoms in total. The third-order valence-electron chi connectivity index (χ3n) is 2.10. The first-order valence-corrected chi connectivity index (χ1v) is 6.79. The summed E-state index contributed by atoms with van der Waals surface area (Å²) in [5.74, 6) is 0.919. The van der Waals surface area contributed by atoms with E-state index in [0.717, 1.165) is 15.1 Å². The molecule has 0 amide bonds. The highest BCUT2D eigenvalue weighted by molar-refractivity contribution is 8.00. The van der Waals surface area contributed by atoms with Crippen LogP contribution in [0.2, 0.25) is 0 Å². The minimum absolute atomic E-state index is 0.594. The van der Waals surface area contributed by atoms with Crippen LogP contribution in [0.3, 0.4) is 0 Å². The minimum atomic E-state index is 0.594. The Morgan fingerprint density at radius 2 is 2.12 bits per heavy atom. The first-order chi connectivity index (χ1) is 7.78. The summed E-state index contributed by atoms with van der Waals surface area (Å²) in [6, 6.07) is 8.34. The number of thioether (sulfide) groups is 1. The van der Waals surface area contributed by atoms with E-state index >= 15 is 0 Å². The summed E-state index contributed by atoms with van der Waals surface area (Å²) in [7, 11) is 0. The molecule has 0 spiro atoms. The molecule has 0 aliphatic rings. The Morgan fingerprint density at radius 1 is 1.31 bits per heavy atom. The van der Waals surface area contributed by atoms with Gasteiger partial charge < -0.3 is 5.73 Å². The number of hydrogen-bond acceptors (Lipinski definition) is 5. The fourth-order valence-electron chi connectivity index (χ4n) is 1.33. The summed E-state index contributed by atoms with van der Waals surface area (Å²) in [5, 5.41) is 9.08. The third kappa shape index (κ3) is 3.04. The van der Waals surface area contributed by atoms with Crippen LogP contribution in [0, 0.1) is 6.92 Å². The summed E-state index contributed by atoms with van der Waals surface area (Å²) >= 11 is 3.35. The zero-order valence-corrected chi connectivity index (χ0v) is 10.6. The molecule has 0 aliphatic carbocycles. The van der Waals surface area contributed by atoms with Crippen molar-refractivity contribution in [2.45, 2.75) is 23.6 Å². The molecule has 0 unspecified atom stereocenters. The van der Waals surface area contributed by atoms with Crippen molar-refractivity contribution in [3.05, 3.63) is 40.4 Å². The number of aromatic nitrogens is 2. The van der Waals surface area contributed by atoms with E-state index in [9.17, 15) is 0 Å². The van der Waals surface area contributed by atoms with Gasteiger partial charge in [-0.25, -0.2) is 0 Å². The quantitative estimate of drug-likeness (QED) is 0.849. The summed E-state index contributed by atoms with van der Waals surface area (Å²) in [4.78, 5) is 0. The van der Waals surface area contributed by atoms with Crippen molar-refractivity contribution in [3.8, 4) is 0 Å². The van der Waals surface area contributed by atoms with Gasteiger partial charge in [0.15, 0.2) is 4.34 Å². The van der Waals surface area contributed by atoms with Crippen LogP contribution in [0.4, 0.5) is 0 Å². The molecule has 0 saturated heterocycles. The summed E-state index contributed by atoms with van der Waals surface area (Å²) in [6.07, 6.45) is 0. The fraction of sp³-hybridized carbons (Fsp3) is 0.273. The van der Waals surface area contributed by atoms with Crippen LogP contribution in [-0.2, 0) is 12.3 Å². The lowest BCUT2D eigenvalue weighted by Gasteiger charge is -2.01. The molecule has 2 rings (SSSR count). The number of aryl methyl sites for hydroxylation is 1. The monoisotopic (exact) mass is 251 g/mol. The molecule has 0 fully saturated rings. The lowest BCUT2D eigenvalue weighted by molar-refractivity contribution is 0.983. The Morgan fingerprint density at radius 3 is 2.81 bits per heavy atom.